The van der Waals surface area contributed by atoms with Gasteiger partial charge in [-0.3, -0.25) is 0 Å². The molecule has 1 atom stereocenters. The molecule has 1 aromatic carbocycles. The molecule has 19 heavy (non-hydrogen) atoms. The first-order chi connectivity index (χ1) is 9.22. The molecule has 1 aliphatic heterocycles. The normalized spacial score (nSPS) is 18.6. The van der Waals surface area contributed by atoms with Crippen molar-refractivity contribution >= 4 is 22.8 Å². The lowest BCUT2D eigenvalue weighted by Gasteiger charge is -2.27. The first kappa shape index (κ1) is 12.3. The number of nitrogens with one attached hydrogen (secondary N) is 1. The third-order valence-electron chi connectivity index (χ3n) is 3.74. The summed E-state index contributed by atoms with van der Waals surface area (Å²) in [7, 11) is 0. The molecule has 0 radical (unpaired) electrons. The van der Waals surface area contributed by atoms with Gasteiger partial charge in [-0.15, -0.1) is 0 Å². The number of ether oxygens (including phenoxy) is 1. The monoisotopic (exact) mass is 261 g/mol. The number of oxazole rings is 1. The predicted octanol–water partition coefficient (Wildman–Crippen LogP) is 2.64. The van der Waals surface area contributed by atoms with Gasteiger partial charge in [0.15, 0.2) is 5.58 Å². The molecule has 1 saturated heterocycles. The molecule has 102 valence electrons. The van der Waals surface area contributed by atoms with E-state index < -0.39 is 0 Å². The van der Waals surface area contributed by atoms with Gasteiger partial charge in [0.25, 0.3) is 6.01 Å². The topological polar surface area (TPSA) is 73.3 Å². The standard InChI is InChI=1S/C14H19N3O2/c1-9(10-4-6-18-7-5-10)16-14-17-12-3-2-11(15)8-13(12)19-14/h2-3,8-10H,4-7,15H2,1H3,(H,16,17). The number of hydrogen-bond acceptors (Lipinski definition) is 5. The Morgan fingerprint density at radius 1 is 1.37 bits per heavy atom. The van der Waals surface area contributed by atoms with Crippen molar-refractivity contribution in [3.05, 3.63) is 18.2 Å². The zero-order chi connectivity index (χ0) is 13.2. The van der Waals surface area contributed by atoms with Crippen LogP contribution in [0.1, 0.15) is 19.8 Å². The molecule has 1 aliphatic rings. The largest absolute Gasteiger partial charge is 0.423 e. The molecule has 2 aromatic rings. The van der Waals surface area contributed by atoms with Crippen LogP contribution in [0.2, 0.25) is 0 Å². The average Bonchev–Trinajstić information content (AvgIpc) is 2.81. The van der Waals surface area contributed by atoms with Crippen LogP contribution in [0.4, 0.5) is 11.7 Å². The Morgan fingerprint density at radius 3 is 2.95 bits per heavy atom. The molecule has 2 heterocycles. The quantitative estimate of drug-likeness (QED) is 0.831. The van der Waals surface area contributed by atoms with Crippen LogP contribution in [0.5, 0.6) is 0 Å². The van der Waals surface area contributed by atoms with Crippen molar-refractivity contribution in [3.8, 4) is 0 Å². The van der Waals surface area contributed by atoms with Crippen LogP contribution in [-0.2, 0) is 4.74 Å². The molecule has 1 unspecified atom stereocenters. The molecule has 0 aliphatic carbocycles. The minimum atomic E-state index is 0.328. The highest BCUT2D eigenvalue weighted by Crippen LogP contribution is 2.25. The van der Waals surface area contributed by atoms with Crippen LogP contribution >= 0.6 is 0 Å². The summed E-state index contributed by atoms with van der Waals surface area (Å²) in [5, 5.41) is 3.35. The number of anilines is 2. The maximum atomic E-state index is 5.73. The Balaban J connectivity index is 1.73. The fourth-order valence-corrected chi connectivity index (χ4v) is 2.53. The Bertz CT molecular complexity index is 561. The average molecular weight is 261 g/mol. The number of fused-ring (bicyclic) bond motifs is 1. The Morgan fingerprint density at radius 2 is 2.16 bits per heavy atom. The van der Waals surface area contributed by atoms with E-state index in [4.69, 9.17) is 14.9 Å². The van der Waals surface area contributed by atoms with Gasteiger partial charge < -0.3 is 20.2 Å². The van der Waals surface area contributed by atoms with Crippen LogP contribution in [-0.4, -0.2) is 24.2 Å². The lowest BCUT2D eigenvalue weighted by molar-refractivity contribution is 0.0620. The van der Waals surface area contributed by atoms with Crippen molar-refractivity contribution in [1.82, 2.24) is 4.98 Å². The molecule has 0 amide bonds. The zero-order valence-electron chi connectivity index (χ0n) is 11.1. The summed E-state index contributed by atoms with van der Waals surface area (Å²) in [5.41, 5.74) is 7.97. The van der Waals surface area contributed by atoms with Crippen LogP contribution in [0.25, 0.3) is 11.1 Å². The summed E-state index contributed by atoms with van der Waals surface area (Å²) >= 11 is 0. The van der Waals surface area contributed by atoms with Gasteiger partial charge in [0.1, 0.15) is 5.52 Å². The molecule has 1 aromatic heterocycles. The minimum absolute atomic E-state index is 0.328. The lowest BCUT2D eigenvalue weighted by atomic mass is 9.93. The van der Waals surface area contributed by atoms with E-state index in [0.717, 1.165) is 37.2 Å². The smallest absolute Gasteiger partial charge is 0.295 e. The van der Waals surface area contributed by atoms with Gasteiger partial charge >= 0.3 is 0 Å². The van der Waals surface area contributed by atoms with E-state index in [1.807, 2.05) is 12.1 Å². The molecule has 3 N–H and O–H groups in total. The summed E-state index contributed by atoms with van der Waals surface area (Å²) in [6.07, 6.45) is 2.17. The van der Waals surface area contributed by atoms with Crippen molar-refractivity contribution in [3.63, 3.8) is 0 Å². The van der Waals surface area contributed by atoms with Gasteiger partial charge in [-0.05, 0) is 37.8 Å². The molecule has 5 nitrogen and oxygen atoms in total. The Labute approximate surface area is 112 Å². The highest BCUT2D eigenvalue weighted by molar-refractivity contribution is 5.78. The fraction of sp³-hybridized carbons (Fsp3) is 0.500. The summed E-state index contributed by atoms with van der Waals surface area (Å²) in [6, 6.07) is 6.40. The fourth-order valence-electron chi connectivity index (χ4n) is 2.53. The van der Waals surface area contributed by atoms with Gasteiger partial charge in [-0.2, -0.15) is 4.98 Å². The molecular formula is C14H19N3O2. The molecule has 0 bridgehead atoms. The van der Waals surface area contributed by atoms with E-state index >= 15 is 0 Å². The van der Waals surface area contributed by atoms with E-state index in [1.165, 1.54) is 0 Å². The number of nitrogen functional groups attached to an aromatic ring is 1. The Kier molecular flexibility index (Phi) is 3.29. The summed E-state index contributed by atoms with van der Waals surface area (Å²) in [6.45, 7) is 3.86. The second-order valence-electron chi connectivity index (χ2n) is 5.13. The van der Waals surface area contributed by atoms with Crippen molar-refractivity contribution < 1.29 is 9.15 Å². The summed E-state index contributed by atoms with van der Waals surface area (Å²) in [4.78, 5) is 4.42. The number of nitrogens with zero attached hydrogens (tertiary/aromatic N) is 1. The van der Waals surface area contributed by atoms with Gasteiger partial charge in [0.05, 0.1) is 0 Å². The van der Waals surface area contributed by atoms with E-state index in [0.29, 0.717) is 23.7 Å². The number of benzene rings is 1. The predicted molar refractivity (Wildman–Crippen MR) is 75.0 cm³/mol. The Hall–Kier alpha value is -1.75. The lowest BCUT2D eigenvalue weighted by Crippen LogP contribution is -2.31. The first-order valence-corrected chi connectivity index (χ1v) is 6.73. The van der Waals surface area contributed by atoms with Gasteiger partial charge in [-0.25, -0.2) is 0 Å². The van der Waals surface area contributed by atoms with Crippen molar-refractivity contribution in [2.24, 2.45) is 5.92 Å². The molecule has 0 spiro atoms. The highest BCUT2D eigenvalue weighted by Gasteiger charge is 2.21. The van der Waals surface area contributed by atoms with Crippen LogP contribution in [0.3, 0.4) is 0 Å². The summed E-state index contributed by atoms with van der Waals surface area (Å²) in [5.74, 6) is 0.605. The van der Waals surface area contributed by atoms with Crippen LogP contribution < -0.4 is 11.1 Å². The summed E-state index contributed by atoms with van der Waals surface area (Å²) < 4.78 is 11.1. The van der Waals surface area contributed by atoms with Gasteiger partial charge in [0.2, 0.25) is 0 Å². The number of hydrogen-bond donors (Lipinski definition) is 2. The van der Waals surface area contributed by atoms with E-state index in [2.05, 4.69) is 17.2 Å². The number of aromatic nitrogens is 1. The highest BCUT2D eigenvalue weighted by atomic mass is 16.5. The number of rotatable bonds is 3. The van der Waals surface area contributed by atoms with Crippen molar-refractivity contribution in [2.45, 2.75) is 25.8 Å². The van der Waals surface area contributed by atoms with Crippen LogP contribution in [0, 0.1) is 5.92 Å². The SMILES string of the molecule is CC(Nc1nc2ccc(N)cc2o1)C1CCOCC1. The maximum absolute atomic E-state index is 5.73. The first-order valence-electron chi connectivity index (χ1n) is 6.73. The number of nitrogens with two attached hydrogens (primary N) is 1. The van der Waals surface area contributed by atoms with Gasteiger partial charge in [-0.1, -0.05) is 0 Å². The second kappa shape index (κ2) is 5.09. The molecule has 0 saturated carbocycles. The van der Waals surface area contributed by atoms with Crippen molar-refractivity contribution in [1.29, 1.82) is 0 Å². The van der Waals surface area contributed by atoms with Crippen molar-refractivity contribution in [2.75, 3.05) is 24.3 Å². The van der Waals surface area contributed by atoms with Crippen LogP contribution in [0.15, 0.2) is 22.6 Å². The van der Waals surface area contributed by atoms with E-state index in [-0.39, 0.29) is 0 Å². The minimum Gasteiger partial charge on any atom is -0.423 e. The zero-order valence-corrected chi connectivity index (χ0v) is 11.1. The molecule has 3 rings (SSSR count). The molecule has 5 heteroatoms. The second-order valence-corrected chi connectivity index (χ2v) is 5.13. The van der Waals surface area contributed by atoms with E-state index in [1.54, 1.807) is 6.07 Å². The third kappa shape index (κ3) is 2.66. The van der Waals surface area contributed by atoms with E-state index in [9.17, 15) is 0 Å². The van der Waals surface area contributed by atoms with Gasteiger partial charge in [0, 0.05) is 31.0 Å². The third-order valence-corrected chi connectivity index (χ3v) is 3.74. The maximum Gasteiger partial charge on any atom is 0.295 e. The molecular weight excluding hydrogens is 242 g/mol. The molecule has 1 fully saturated rings.